The Labute approximate surface area is 189 Å². The van der Waals surface area contributed by atoms with Crippen LogP contribution >= 0.6 is 0 Å². The summed E-state index contributed by atoms with van der Waals surface area (Å²) >= 11 is 0. The van der Waals surface area contributed by atoms with Crippen LogP contribution in [0.4, 0.5) is 10.2 Å². The van der Waals surface area contributed by atoms with Gasteiger partial charge in [-0.05, 0) is 36.8 Å². The Hall–Kier alpha value is -3.85. The predicted octanol–water partition coefficient (Wildman–Crippen LogP) is 3.53. The largest absolute Gasteiger partial charge is 0.436 e. The number of para-hydroxylation sites is 1. The summed E-state index contributed by atoms with van der Waals surface area (Å²) in [6.45, 7) is 5.47. The molecule has 9 heteroatoms. The summed E-state index contributed by atoms with van der Waals surface area (Å²) in [5.41, 5.74) is 1.99. The summed E-state index contributed by atoms with van der Waals surface area (Å²) in [6, 6.07) is 14.1. The minimum Gasteiger partial charge on any atom is -0.436 e. The summed E-state index contributed by atoms with van der Waals surface area (Å²) in [6.07, 6.45) is 2.71. The highest BCUT2D eigenvalue weighted by Gasteiger charge is 2.23. The first-order valence-corrected chi connectivity index (χ1v) is 10.8. The second-order valence-corrected chi connectivity index (χ2v) is 7.97. The lowest BCUT2D eigenvalue weighted by molar-refractivity contribution is 0.198. The van der Waals surface area contributed by atoms with Gasteiger partial charge in [-0.1, -0.05) is 18.2 Å². The van der Waals surface area contributed by atoms with Crippen LogP contribution in [0.25, 0.3) is 11.0 Å². The molecule has 0 amide bonds. The standard InChI is InChI=1S/C24H23FN6O2/c1-16(17-5-7-18(25)8-6-17)30-9-11-31(12-10-30)21-13-23(28-15-27-21)33-20-4-2-3-19-24(20)26-14-22(32)29-19/h2-8,13-16H,9-12H2,1H3,(H,29,32). The molecule has 1 aliphatic rings. The van der Waals surface area contributed by atoms with E-state index < -0.39 is 0 Å². The first-order chi connectivity index (χ1) is 16.1. The number of aromatic amines is 1. The van der Waals surface area contributed by atoms with E-state index in [1.165, 1.54) is 24.7 Å². The van der Waals surface area contributed by atoms with E-state index in [9.17, 15) is 9.18 Å². The Kier molecular flexibility index (Phi) is 5.70. The zero-order chi connectivity index (χ0) is 22.8. The fourth-order valence-electron chi connectivity index (χ4n) is 4.09. The van der Waals surface area contributed by atoms with Crippen molar-refractivity contribution in [3.8, 4) is 11.6 Å². The third-order valence-electron chi connectivity index (χ3n) is 5.95. The Morgan fingerprint density at radius 3 is 2.61 bits per heavy atom. The molecule has 1 fully saturated rings. The second kappa shape index (κ2) is 8.95. The predicted molar refractivity (Wildman–Crippen MR) is 123 cm³/mol. The van der Waals surface area contributed by atoms with Crippen LogP contribution in [0.1, 0.15) is 18.5 Å². The molecule has 2 aromatic heterocycles. The number of H-pyrrole nitrogens is 1. The molecule has 1 unspecified atom stereocenters. The maximum Gasteiger partial charge on any atom is 0.266 e. The molecule has 3 heterocycles. The van der Waals surface area contributed by atoms with E-state index in [1.807, 2.05) is 18.2 Å². The minimum absolute atomic E-state index is 0.211. The lowest BCUT2D eigenvalue weighted by Gasteiger charge is -2.38. The van der Waals surface area contributed by atoms with Crippen LogP contribution in [-0.4, -0.2) is 51.0 Å². The van der Waals surface area contributed by atoms with Gasteiger partial charge in [0.25, 0.3) is 5.56 Å². The summed E-state index contributed by atoms with van der Waals surface area (Å²) in [5, 5.41) is 0. The molecule has 0 radical (unpaired) electrons. The van der Waals surface area contributed by atoms with E-state index >= 15 is 0 Å². The zero-order valence-corrected chi connectivity index (χ0v) is 18.1. The van der Waals surface area contributed by atoms with Gasteiger partial charge in [0.05, 0.1) is 11.7 Å². The van der Waals surface area contributed by atoms with E-state index in [2.05, 4.69) is 36.7 Å². The van der Waals surface area contributed by atoms with Gasteiger partial charge < -0.3 is 14.6 Å². The molecule has 33 heavy (non-hydrogen) atoms. The molecule has 0 saturated carbocycles. The number of hydrogen-bond acceptors (Lipinski definition) is 7. The molecule has 1 saturated heterocycles. The van der Waals surface area contributed by atoms with E-state index in [0.29, 0.717) is 22.7 Å². The van der Waals surface area contributed by atoms with Gasteiger partial charge in [0.2, 0.25) is 5.88 Å². The van der Waals surface area contributed by atoms with Crippen LogP contribution in [0.3, 0.4) is 0 Å². The number of ether oxygens (including phenoxy) is 1. The number of fused-ring (bicyclic) bond motifs is 1. The molecular weight excluding hydrogens is 423 g/mol. The number of nitrogens with zero attached hydrogens (tertiary/aromatic N) is 5. The van der Waals surface area contributed by atoms with E-state index in [0.717, 1.165) is 37.6 Å². The number of nitrogens with one attached hydrogen (secondary N) is 1. The SMILES string of the molecule is CC(c1ccc(F)cc1)N1CCN(c2cc(Oc3cccc4[nH]c(=O)cnc34)ncn2)CC1. The molecule has 4 aromatic rings. The van der Waals surface area contributed by atoms with Crippen molar-refractivity contribution in [2.75, 3.05) is 31.1 Å². The molecule has 168 valence electrons. The molecule has 2 aromatic carbocycles. The van der Waals surface area contributed by atoms with Crippen LogP contribution < -0.4 is 15.2 Å². The average molecular weight is 446 g/mol. The van der Waals surface area contributed by atoms with Gasteiger partial charge in [0.15, 0.2) is 5.75 Å². The van der Waals surface area contributed by atoms with Crippen molar-refractivity contribution in [1.29, 1.82) is 0 Å². The number of benzene rings is 2. The van der Waals surface area contributed by atoms with Crippen LogP contribution in [0.5, 0.6) is 11.6 Å². The summed E-state index contributed by atoms with van der Waals surface area (Å²) in [7, 11) is 0. The van der Waals surface area contributed by atoms with Crippen molar-refractivity contribution >= 4 is 16.9 Å². The number of rotatable bonds is 5. The molecule has 5 rings (SSSR count). The molecular formula is C24H23FN6O2. The topological polar surface area (TPSA) is 87.2 Å². The molecule has 0 bridgehead atoms. The van der Waals surface area contributed by atoms with Gasteiger partial charge in [-0.15, -0.1) is 0 Å². The number of piperazine rings is 1. The monoisotopic (exact) mass is 446 g/mol. The first kappa shape index (κ1) is 21.0. The quantitative estimate of drug-likeness (QED) is 0.502. The first-order valence-electron chi connectivity index (χ1n) is 10.8. The van der Waals surface area contributed by atoms with Gasteiger partial charge in [0, 0.05) is 38.3 Å². The van der Waals surface area contributed by atoms with Gasteiger partial charge in [-0.25, -0.2) is 19.3 Å². The minimum atomic E-state index is -0.267. The molecule has 0 aliphatic carbocycles. The summed E-state index contributed by atoms with van der Waals surface area (Å²) in [4.78, 5) is 31.7. The van der Waals surface area contributed by atoms with Crippen LogP contribution in [0, 0.1) is 5.82 Å². The molecule has 1 atom stereocenters. The normalized spacial score (nSPS) is 15.5. The number of hydrogen-bond donors (Lipinski definition) is 1. The zero-order valence-electron chi connectivity index (χ0n) is 18.1. The second-order valence-electron chi connectivity index (χ2n) is 7.97. The number of anilines is 1. The highest BCUT2D eigenvalue weighted by atomic mass is 19.1. The summed E-state index contributed by atoms with van der Waals surface area (Å²) < 4.78 is 19.2. The highest BCUT2D eigenvalue weighted by Crippen LogP contribution is 2.28. The maximum atomic E-state index is 13.2. The number of aromatic nitrogens is 4. The van der Waals surface area contributed by atoms with E-state index in [-0.39, 0.29) is 17.4 Å². The van der Waals surface area contributed by atoms with Crippen molar-refractivity contribution in [1.82, 2.24) is 24.8 Å². The van der Waals surface area contributed by atoms with Gasteiger partial charge >= 0.3 is 0 Å². The number of halogens is 1. The molecule has 0 spiro atoms. The van der Waals surface area contributed by atoms with Crippen LogP contribution in [0.15, 0.2) is 65.8 Å². The van der Waals surface area contributed by atoms with Crippen molar-refractivity contribution in [2.45, 2.75) is 13.0 Å². The van der Waals surface area contributed by atoms with Crippen molar-refractivity contribution < 1.29 is 9.13 Å². The fraction of sp³-hybridized carbons (Fsp3) is 0.250. The average Bonchev–Trinajstić information content (AvgIpc) is 2.84. The van der Waals surface area contributed by atoms with E-state index in [1.54, 1.807) is 18.2 Å². The Morgan fingerprint density at radius 2 is 1.82 bits per heavy atom. The lowest BCUT2D eigenvalue weighted by Crippen LogP contribution is -2.47. The maximum absolute atomic E-state index is 13.2. The Balaban J connectivity index is 1.28. The van der Waals surface area contributed by atoms with Crippen LogP contribution in [-0.2, 0) is 0 Å². The summed E-state index contributed by atoms with van der Waals surface area (Å²) in [5.74, 6) is 1.48. The fourth-order valence-corrected chi connectivity index (χ4v) is 4.09. The van der Waals surface area contributed by atoms with E-state index in [4.69, 9.17) is 4.74 Å². The van der Waals surface area contributed by atoms with Crippen molar-refractivity contribution in [2.24, 2.45) is 0 Å². The smallest absolute Gasteiger partial charge is 0.266 e. The van der Waals surface area contributed by atoms with Gasteiger partial charge in [-0.2, -0.15) is 0 Å². The van der Waals surface area contributed by atoms with Gasteiger partial charge in [-0.3, -0.25) is 9.69 Å². The third-order valence-corrected chi connectivity index (χ3v) is 5.95. The lowest BCUT2D eigenvalue weighted by atomic mass is 10.1. The van der Waals surface area contributed by atoms with Crippen molar-refractivity contribution in [3.63, 3.8) is 0 Å². The highest BCUT2D eigenvalue weighted by molar-refractivity contribution is 5.80. The van der Waals surface area contributed by atoms with Gasteiger partial charge in [0.1, 0.15) is 23.5 Å². The molecule has 1 aliphatic heterocycles. The van der Waals surface area contributed by atoms with Crippen molar-refractivity contribution in [3.05, 3.63) is 82.8 Å². The molecule has 8 nitrogen and oxygen atoms in total. The Morgan fingerprint density at radius 1 is 1.03 bits per heavy atom. The third kappa shape index (κ3) is 4.54. The Bertz CT molecular complexity index is 1320. The van der Waals surface area contributed by atoms with Crippen LogP contribution in [0.2, 0.25) is 0 Å². The molecule has 1 N–H and O–H groups in total.